The lowest BCUT2D eigenvalue weighted by molar-refractivity contribution is -0.150. The number of aromatic nitrogens is 12. The van der Waals surface area contributed by atoms with E-state index >= 15 is 0 Å². The largest absolute Gasteiger partial charge is 0.444 e. The number of nitrogens with one attached hydrogen (secondary N) is 1. The van der Waals surface area contributed by atoms with E-state index < -0.39 is 60.8 Å². The number of piperazine rings is 2. The van der Waals surface area contributed by atoms with Gasteiger partial charge in [-0.2, -0.15) is 26.3 Å². The summed E-state index contributed by atoms with van der Waals surface area (Å²) in [5.41, 5.74) is 5.85. The van der Waals surface area contributed by atoms with Crippen LogP contribution in [-0.2, 0) is 46.5 Å². The number of likely N-dealkylation sites (N-methyl/N-ethyl adjacent to an activating group) is 2. The van der Waals surface area contributed by atoms with Crippen molar-refractivity contribution in [3.05, 3.63) is 24.8 Å². The number of nitrogens with two attached hydrogens (primary N) is 1. The quantitative estimate of drug-likeness (QED) is 0.154. The lowest BCUT2D eigenvalue weighted by Gasteiger charge is -2.35. The molecule has 4 aliphatic rings. The molecule has 4 aliphatic heterocycles. The average Bonchev–Trinajstić information content (AvgIpc) is 1.67. The Bertz CT molecular complexity index is 3480. The predicted molar refractivity (Wildman–Crippen MR) is 300 cm³/mol. The molecule has 0 radical (unpaired) electrons. The molecule has 4 saturated heterocycles. The number of ether oxygens (including phenoxy) is 3. The highest BCUT2D eigenvalue weighted by Crippen LogP contribution is 2.36. The number of hydrogen-bond acceptors (Lipinski definition) is 23. The van der Waals surface area contributed by atoms with Gasteiger partial charge in [0, 0.05) is 132 Å². The third-order valence-electron chi connectivity index (χ3n) is 13.7. The molecule has 5 amide bonds. The van der Waals surface area contributed by atoms with Crippen LogP contribution in [-0.4, -0.2) is 259 Å². The number of alkyl halides is 6. The number of nitrogen functional groups attached to an aromatic ring is 1. The molecular formula is C51H64F6N22O8. The topological polar surface area (TPSA) is 316 Å². The van der Waals surface area contributed by atoms with Crippen LogP contribution in [0.25, 0.3) is 45.1 Å². The molecule has 6 aromatic heterocycles. The van der Waals surface area contributed by atoms with Crippen molar-refractivity contribution in [2.45, 2.75) is 51.8 Å². The van der Waals surface area contributed by atoms with Gasteiger partial charge in [0.05, 0.1) is 37.6 Å². The van der Waals surface area contributed by atoms with Gasteiger partial charge in [0.2, 0.25) is 23.8 Å². The van der Waals surface area contributed by atoms with Crippen molar-refractivity contribution >= 4 is 87.5 Å². The zero-order chi connectivity index (χ0) is 62.7. The summed E-state index contributed by atoms with van der Waals surface area (Å²) < 4.78 is 102. The molecule has 10 rings (SSSR count). The average molecular weight is 1230 g/mol. The molecule has 10 heterocycles. The summed E-state index contributed by atoms with van der Waals surface area (Å²) in [6, 6.07) is 0. The molecule has 0 saturated carbocycles. The maximum Gasteiger partial charge on any atom is 0.414 e. The minimum atomic E-state index is -4.62. The molecule has 0 bridgehead atoms. The van der Waals surface area contributed by atoms with Crippen LogP contribution >= 0.6 is 0 Å². The van der Waals surface area contributed by atoms with E-state index in [0.29, 0.717) is 69.8 Å². The van der Waals surface area contributed by atoms with Crippen molar-refractivity contribution in [3.8, 4) is 22.8 Å². The first-order valence-electron chi connectivity index (χ1n) is 27.4. The molecule has 36 heteroatoms. The number of nitrogens with zero attached hydrogens (tertiary/aromatic N) is 20. The second-order valence-corrected chi connectivity index (χ2v) is 21.7. The Kier molecular flexibility index (Phi) is 18.3. The number of imidazole rings is 2. The lowest BCUT2D eigenvalue weighted by atomic mass is 10.2. The number of fused-ring (bicyclic) bond motifs is 2. The summed E-state index contributed by atoms with van der Waals surface area (Å²) in [5, 5.41) is 2.43. The van der Waals surface area contributed by atoms with Crippen molar-refractivity contribution < 1.29 is 64.5 Å². The highest BCUT2D eigenvalue weighted by atomic mass is 19.4. The highest BCUT2D eigenvalue weighted by molar-refractivity contribution is 6.35. The van der Waals surface area contributed by atoms with E-state index in [-0.39, 0.29) is 116 Å². The number of morpholine rings is 2. The Labute approximate surface area is 492 Å². The molecule has 87 heavy (non-hydrogen) atoms. The fourth-order valence-corrected chi connectivity index (χ4v) is 9.56. The second kappa shape index (κ2) is 25.5. The van der Waals surface area contributed by atoms with Crippen LogP contribution in [0.15, 0.2) is 24.8 Å². The summed E-state index contributed by atoms with van der Waals surface area (Å²) in [5.74, 6) is -1.78. The Morgan fingerprint density at radius 1 is 0.540 bits per heavy atom. The predicted octanol–water partition coefficient (Wildman–Crippen LogP) is 1.77. The molecule has 468 valence electrons. The van der Waals surface area contributed by atoms with E-state index in [1.165, 1.54) is 72.6 Å². The van der Waals surface area contributed by atoms with Crippen molar-refractivity contribution in [2.75, 3.05) is 164 Å². The van der Waals surface area contributed by atoms with Crippen molar-refractivity contribution in [1.29, 1.82) is 0 Å². The normalized spacial score (nSPS) is 16.2. The molecule has 4 fully saturated rings. The first kappa shape index (κ1) is 62.4. The molecule has 3 N–H and O–H groups in total. The zero-order valence-corrected chi connectivity index (χ0v) is 48.6. The Morgan fingerprint density at radius 2 is 0.908 bits per heavy atom. The maximum absolute atomic E-state index is 14.1. The fourth-order valence-electron chi connectivity index (χ4n) is 9.56. The Balaban J connectivity index is 0.000000210. The van der Waals surface area contributed by atoms with Crippen molar-refractivity contribution in [3.63, 3.8) is 0 Å². The van der Waals surface area contributed by atoms with Crippen LogP contribution in [0, 0.1) is 0 Å². The standard InChI is InChI=1S/C28H36F3N11O5.C23H28F3N11O3/c1-27(2,3)47-26(45)37-24-32-14-17(15-33-24)19-35-20(39-10-12-46-13-11-39)18-21(36-19)42(16-28(29,30)31)25(34-18)41-8-6-40(7-9-41)23(44)22(43)38(4)5;1-33(2)19(38)20(39)35-3-5-36(6-4-35)22-30-15-17(34-7-9-40-10-8-34)31-16(14-11-28-21(27)29-12-14)32-18(15)37(22)13-23(24,25)26/h14-15H,6-13,16H2,1-5H3,(H,32,33,37,45);11-12H,3-10,13H2,1-2H3,(H2,27,28,29). The van der Waals surface area contributed by atoms with Gasteiger partial charge in [-0.1, -0.05) is 0 Å². The highest BCUT2D eigenvalue weighted by Gasteiger charge is 2.38. The van der Waals surface area contributed by atoms with Gasteiger partial charge in [-0.25, -0.2) is 54.6 Å². The van der Waals surface area contributed by atoms with Gasteiger partial charge in [-0.15, -0.1) is 0 Å². The monoisotopic (exact) mass is 1230 g/mol. The number of amides is 5. The van der Waals surface area contributed by atoms with Crippen LogP contribution in [0.5, 0.6) is 0 Å². The molecule has 0 unspecified atom stereocenters. The summed E-state index contributed by atoms with van der Waals surface area (Å²) in [4.78, 5) is 118. The van der Waals surface area contributed by atoms with E-state index in [1.54, 1.807) is 30.6 Å². The minimum absolute atomic E-state index is 0.00284. The molecule has 6 aromatic rings. The van der Waals surface area contributed by atoms with E-state index in [9.17, 15) is 50.3 Å². The number of carbonyl (C=O) groups is 5. The SMILES string of the molecule is CN(C)C(=O)C(=O)N1CCN(c2nc3c(N4CCOCC4)nc(-c4cnc(N)nc4)nc3n2CC(F)(F)F)CC1.CN(C)C(=O)C(=O)N1CCN(c2nc3c(N4CCOCC4)nc(-c4cnc(NC(=O)OC(C)(C)C)nc4)nc3n2CC(F)(F)F)CC1. The van der Waals surface area contributed by atoms with E-state index in [2.05, 4.69) is 50.2 Å². The number of anilines is 6. The number of carbonyl (C=O) groups excluding carboxylic acids is 5. The third kappa shape index (κ3) is 14.9. The molecule has 0 spiro atoms. The van der Waals surface area contributed by atoms with Gasteiger partial charge in [0.15, 0.2) is 45.6 Å². The van der Waals surface area contributed by atoms with E-state index in [1.807, 2.05) is 9.80 Å². The fraction of sp³-hybridized carbons (Fsp3) is 0.549. The van der Waals surface area contributed by atoms with Crippen LogP contribution in [0.2, 0.25) is 0 Å². The van der Waals surface area contributed by atoms with Crippen LogP contribution in [0.4, 0.5) is 66.6 Å². The van der Waals surface area contributed by atoms with Crippen molar-refractivity contribution in [2.24, 2.45) is 0 Å². The molecular weight excluding hydrogens is 1160 g/mol. The van der Waals surface area contributed by atoms with Gasteiger partial charge in [0.1, 0.15) is 18.7 Å². The number of halogens is 6. The van der Waals surface area contributed by atoms with Crippen LogP contribution < -0.4 is 30.7 Å². The maximum atomic E-state index is 14.1. The van der Waals surface area contributed by atoms with Gasteiger partial charge in [0.25, 0.3) is 0 Å². The molecule has 30 nitrogen and oxygen atoms in total. The third-order valence-corrected chi connectivity index (χ3v) is 13.7. The van der Waals surface area contributed by atoms with Gasteiger partial charge in [-0.3, -0.25) is 33.6 Å². The van der Waals surface area contributed by atoms with Crippen molar-refractivity contribution in [1.82, 2.24) is 78.6 Å². The van der Waals surface area contributed by atoms with E-state index in [4.69, 9.17) is 24.9 Å². The zero-order valence-electron chi connectivity index (χ0n) is 48.6. The lowest BCUT2D eigenvalue weighted by Crippen LogP contribution is -2.53. The van der Waals surface area contributed by atoms with Crippen LogP contribution in [0.1, 0.15) is 20.8 Å². The summed E-state index contributed by atoms with van der Waals surface area (Å²) in [6.45, 7) is 6.91. The van der Waals surface area contributed by atoms with Gasteiger partial charge in [-0.05, 0) is 20.8 Å². The Morgan fingerprint density at radius 3 is 1.25 bits per heavy atom. The minimum Gasteiger partial charge on any atom is -0.444 e. The number of rotatable bonds is 9. The second-order valence-electron chi connectivity index (χ2n) is 21.7. The molecule has 0 aromatic carbocycles. The summed E-state index contributed by atoms with van der Waals surface area (Å²) >= 11 is 0. The molecule has 0 aliphatic carbocycles. The Hall–Kier alpha value is -9.09. The smallest absolute Gasteiger partial charge is 0.414 e. The molecule has 0 atom stereocenters. The van der Waals surface area contributed by atoms with E-state index in [0.717, 1.165) is 9.13 Å². The summed E-state index contributed by atoms with van der Waals surface area (Å²) in [7, 11) is 5.90. The first-order chi connectivity index (χ1) is 41.1. The van der Waals surface area contributed by atoms with Gasteiger partial charge < -0.3 is 59.1 Å². The number of hydrogen-bond donors (Lipinski definition) is 2. The summed E-state index contributed by atoms with van der Waals surface area (Å²) in [6.07, 6.45) is -4.45. The van der Waals surface area contributed by atoms with Gasteiger partial charge >= 0.3 is 42.1 Å². The van der Waals surface area contributed by atoms with Crippen LogP contribution in [0.3, 0.4) is 0 Å². The first-order valence-corrected chi connectivity index (χ1v) is 27.4.